The van der Waals surface area contributed by atoms with Crippen molar-refractivity contribution < 1.29 is 4.74 Å². The van der Waals surface area contributed by atoms with E-state index in [1.165, 1.54) is 0 Å². The Bertz CT molecular complexity index is 760. The van der Waals surface area contributed by atoms with Crippen molar-refractivity contribution in [3.63, 3.8) is 0 Å². The number of benzene rings is 1. The number of pyridine rings is 1. The van der Waals surface area contributed by atoms with E-state index >= 15 is 0 Å². The third-order valence-corrected chi connectivity index (χ3v) is 4.62. The van der Waals surface area contributed by atoms with Crippen LogP contribution in [0.2, 0.25) is 5.02 Å². The lowest BCUT2D eigenvalue weighted by molar-refractivity contribution is 0.112. The van der Waals surface area contributed by atoms with Gasteiger partial charge in [0.1, 0.15) is 0 Å². The van der Waals surface area contributed by atoms with Gasteiger partial charge in [-0.1, -0.05) is 17.7 Å². The Hall–Kier alpha value is -1.40. The largest absolute Gasteiger partial charge is 0.380 e. The maximum atomic E-state index is 12.3. The maximum Gasteiger partial charge on any atom is 0.189 e. The molecule has 3 rings (SSSR count). The third kappa shape index (κ3) is 4.16. The lowest BCUT2D eigenvalue weighted by Gasteiger charge is -2.25. The Labute approximate surface area is 147 Å². The van der Waals surface area contributed by atoms with Crippen molar-refractivity contribution in [1.82, 2.24) is 14.8 Å². The second-order valence-corrected chi connectivity index (χ2v) is 7.17. The van der Waals surface area contributed by atoms with E-state index in [0.29, 0.717) is 22.9 Å². The van der Waals surface area contributed by atoms with Gasteiger partial charge in [-0.2, -0.15) is 0 Å². The molecular formula is C18H24ClN3O2. The number of aromatic amines is 1. The van der Waals surface area contributed by atoms with Crippen molar-refractivity contribution in [1.29, 1.82) is 0 Å². The molecule has 130 valence electrons. The fourth-order valence-electron chi connectivity index (χ4n) is 3.34. The SMILES string of the molecule is CN(C)C[C@@H]1COCCN(Cc2cc(=O)c3cccc(Cl)c3[nH]2)C1. The summed E-state index contributed by atoms with van der Waals surface area (Å²) in [7, 11) is 4.16. The van der Waals surface area contributed by atoms with Crippen LogP contribution in [0.5, 0.6) is 0 Å². The Kier molecular flexibility index (Phi) is 5.56. The lowest BCUT2D eigenvalue weighted by atomic mass is 10.1. The molecule has 1 aliphatic rings. The highest BCUT2D eigenvalue weighted by Gasteiger charge is 2.20. The van der Waals surface area contributed by atoms with E-state index in [-0.39, 0.29) is 5.43 Å². The number of nitrogens with one attached hydrogen (secondary N) is 1. The molecule has 1 saturated heterocycles. The molecule has 1 aromatic heterocycles. The predicted molar refractivity (Wildman–Crippen MR) is 97.7 cm³/mol. The highest BCUT2D eigenvalue weighted by Crippen LogP contribution is 2.20. The number of nitrogens with zero attached hydrogens (tertiary/aromatic N) is 2. The first kappa shape index (κ1) is 17.4. The number of aromatic nitrogens is 1. The van der Waals surface area contributed by atoms with Crippen LogP contribution < -0.4 is 5.43 Å². The van der Waals surface area contributed by atoms with Crippen molar-refractivity contribution in [2.45, 2.75) is 6.54 Å². The quantitative estimate of drug-likeness (QED) is 0.919. The molecule has 1 fully saturated rings. The zero-order valence-electron chi connectivity index (χ0n) is 14.2. The van der Waals surface area contributed by atoms with Gasteiger partial charge in [0.05, 0.1) is 23.8 Å². The van der Waals surface area contributed by atoms with E-state index in [1.807, 2.05) is 0 Å². The van der Waals surface area contributed by atoms with Crippen LogP contribution in [0.25, 0.3) is 10.9 Å². The zero-order chi connectivity index (χ0) is 17.1. The molecule has 0 amide bonds. The number of para-hydroxylation sites is 1. The topological polar surface area (TPSA) is 48.6 Å². The molecule has 1 atom stereocenters. The number of ether oxygens (including phenoxy) is 1. The smallest absolute Gasteiger partial charge is 0.189 e. The van der Waals surface area contributed by atoms with Gasteiger partial charge in [-0.05, 0) is 26.2 Å². The van der Waals surface area contributed by atoms with Gasteiger partial charge >= 0.3 is 0 Å². The van der Waals surface area contributed by atoms with Crippen molar-refractivity contribution >= 4 is 22.5 Å². The summed E-state index contributed by atoms with van der Waals surface area (Å²) < 4.78 is 5.73. The first-order chi connectivity index (χ1) is 11.5. The highest BCUT2D eigenvalue weighted by atomic mass is 35.5. The van der Waals surface area contributed by atoms with Crippen LogP contribution in [0.3, 0.4) is 0 Å². The lowest BCUT2D eigenvalue weighted by Crippen LogP contribution is -2.34. The Morgan fingerprint density at radius 2 is 2.25 bits per heavy atom. The summed E-state index contributed by atoms with van der Waals surface area (Å²) >= 11 is 6.24. The van der Waals surface area contributed by atoms with E-state index in [4.69, 9.17) is 16.3 Å². The monoisotopic (exact) mass is 349 g/mol. The third-order valence-electron chi connectivity index (χ3n) is 4.31. The summed E-state index contributed by atoms with van der Waals surface area (Å²) in [5.41, 5.74) is 1.63. The molecule has 0 saturated carbocycles. The van der Waals surface area contributed by atoms with Crippen LogP contribution in [0, 0.1) is 5.92 Å². The molecule has 0 unspecified atom stereocenters. The molecule has 1 aliphatic heterocycles. The van der Waals surface area contributed by atoms with Gasteiger partial charge in [0.15, 0.2) is 5.43 Å². The van der Waals surface area contributed by atoms with E-state index in [0.717, 1.165) is 44.1 Å². The van der Waals surface area contributed by atoms with Gasteiger partial charge in [0, 0.05) is 49.2 Å². The van der Waals surface area contributed by atoms with E-state index in [9.17, 15) is 4.79 Å². The highest BCUT2D eigenvalue weighted by molar-refractivity contribution is 6.35. The molecule has 2 heterocycles. The number of H-pyrrole nitrogens is 1. The number of halogens is 1. The van der Waals surface area contributed by atoms with Crippen LogP contribution in [0.4, 0.5) is 0 Å². The summed E-state index contributed by atoms with van der Waals surface area (Å²) in [6, 6.07) is 7.09. The first-order valence-electron chi connectivity index (χ1n) is 8.28. The molecule has 0 bridgehead atoms. The molecular weight excluding hydrogens is 326 g/mol. The van der Waals surface area contributed by atoms with Crippen molar-refractivity contribution in [3.05, 3.63) is 45.2 Å². The summed E-state index contributed by atoms with van der Waals surface area (Å²) in [5.74, 6) is 0.471. The molecule has 0 spiro atoms. The Balaban J connectivity index is 1.80. The number of fused-ring (bicyclic) bond motifs is 1. The van der Waals surface area contributed by atoms with Crippen molar-refractivity contribution in [2.24, 2.45) is 5.92 Å². The van der Waals surface area contributed by atoms with Gasteiger partial charge in [0.25, 0.3) is 0 Å². The van der Waals surface area contributed by atoms with Gasteiger partial charge in [0.2, 0.25) is 0 Å². The number of hydrogen-bond acceptors (Lipinski definition) is 4. The van der Waals surface area contributed by atoms with Gasteiger partial charge in [-0.3, -0.25) is 9.69 Å². The standard InChI is InChI=1S/C18H24ClN3O2/c1-21(2)9-13-10-22(6-7-24-12-13)11-14-8-17(23)15-4-3-5-16(19)18(15)20-14/h3-5,8,13H,6-7,9-12H2,1-2H3,(H,20,23)/t13-/m0/s1. The van der Waals surface area contributed by atoms with Gasteiger partial charge in [-0.15, -0.1) is 0 Å². The van der Waals surface area contributed by atoms with Crippen molar-refractivity contribution in [3.8, 4) is 0 Å². The first-order valence-corrected chi connectivity index (χ1v) is 8.66. The minimum Gasteiger partial charge on any atom is -0.380 e. The minimum absolute atomic E-state index is 0.0113. The van der Waals surface area contributed by atoms with Gasteiger partial charge in [-0.25, -0.2) is 0 Å². The van der Waals surface area contributed by atoms with Crippen molar-refractivity contribution in [2.75, 3.05) is 46.9 Å². The summed E-state index contributed by atoms with van der Waals surface area (Å²) in [6.45, 7) is 5.03. The zero-order valence-corrected chi connectivity index (χ0v) is 15.0. The molecule has 0 aliphatic carbocycles. The summed E-state index contributed by atoms with van der Waals surface area (Å²) in [4.78, 5) is 20.2. The Morgan fingerprint density at radius 3 is 3.04 bits per heavy atom. The number of hydrogen-bond donors (Lipinski definition) is 1. The van der Waals surface area contributed by atoms with Crippen LogP contribution >= 0.6 is 11.6 Å². The molecule has 1 N–H and O–H groups in total. The number of rotatable bonds is 4. The Morgan fingerprint density at radius 1 is 1.42 bits per heavy atom. The van der Waals surface area contributed by atoms with E-state index in [2.05, 4.69) is 28.9 Å². The summed E-state index contributed by atoms with van der Waals surface area (Å²) in [6.07, 6.45) is 0. The molecule has 6 heteroatoms. The molecule has 24 heavy (non-hydrogen) atoms. The fourth-order valence-corrected chi connectivity index (χ4v) is 3.56. The molecule has 1 aromatic carbocycles. The maximum absolute atomic E-state index is 12.3. The van der Waals surface area contributed by atoms with E-state index < -0.39 is 0 Å². The average molecular weight is 350 g/mol. The molecule has 5 nitrogen and oxygen atoms in total. The average Bonchev–Trinajstić information content (AvgIpc) is 2.73. The molecule has 0 radical (unpaired) electrons. The second kappa shape index (κ2) is 7.66. The van der Waals surface area contributed by atoms with Crippen LogP contribution in [-0.2, 0) is 11.3 Å². The van der Waals surface area contributed by atoms with Crippen LogP contribution in [-0.4, -0.2) is 61.7 Å². The van der Waals surface area contributed by atoms with Crippen LogP contribution in [0.15, 0.2) is 29.1 Å². The molecule has 2 aromatic rings. The second-order valence-electron chi connectivity index (χ2n) is 6.76. The predicted octanol–water partition coefficient (Wildman–Crippen LogP) is 2.19. The minimum atomic E-state index is 0.0113. The van der Waals surface area contributed by atoms with Crippen LogP contribution in [0.1, 0.15) is 5.69 Å². The normalized spacial score (nSPS) is 19.8. The van der Waals surface area contributed by atoms with Gasteiger partial charge < -0.3 is 14.6 Å². The fraction of sp³-hybridized carbons (Fsp3) is 0.500. The van der Waals surface area contributed by atoms with E-state index in [1.54, 1.807) is 24.3 Å². The summed E-state index contributed by atoms with van der Waals surface area (Å²) in [5, 5.41) is 1.21.